The summed E-state index contributed by atoms with van der Waals surface area (Å²) in [4.78, 5) is 11.7. The molecule has 0 saturated carbocycles. The number of ether oxygens (including phenoxy) is 1. The highest BCUT2D eigenvalue weighted by molar-refractivity contribution is 9.09. The van der Waals surface area contributed by atoms with Gasteiger partial charge in [-0.3, -0.25) is 5.32 Å². The molecule has 0 spiro atoms. The fourth-order valence-electron chi connectivity index (χ4n) is 1.56. The maximum atomic E-state index is 13.2. The fourth-order valence-corrected chi connectivity index (χ4v) is 1.84. The van der Waals surface area contributed by atoms with Crippen LogP contribution in [0.2, 0.25) is 0 Å². The van der Waals surface area contributed by atoms with Crippen molar-refractivity contribution in [3.8, 4) is 0 Å². The van der Waals surface area contributed by atoms with E-state index in [1.54, 1.807) is 26.8 Å². The van der Waals surface area contributed by atoms with Crippen LogP contribution in [0, 0.1) is 5.82 Å². The van der Waals surface area contributed by atoms with Gasteiger partial charge in [-0.2, -0.15) is 0 Å². The Hall–Kier alpha value is -1.10. The minimum Gasteiger partial charge on any atom is -0.444 e. The molecular weight excluding hydrogens is 313 g/mol. The predicted molar refractivity (Wildman–Crippen MR) is 78.4 cm³/mol. The van der Waals surface area contributed by atoms with E-state index in [0.717, 1.165) is 17.3 Å². The Balaban J connectivity index is 2.79. The van der Waals surface area contributed by atoms with Crippen LogP contribution < -0.4 is 5.32 Å². The van der Waals surface area contributed by atoms with Crippen molar-refractivity contribution >= 4 is 27.7 Å². The van der Waals surface area contributed by atoms with Crippen molar-refractivity contribution in [2.75, 3.05) is 10.6 Å². The number of alkyl halides is 1. The monoisotopic (exact) mass is 331 g/mol. The molecule has 3 nitrogen and oxygen atoms in total. The van der Waals surface area contributed by atoms with E-state index in [2.05, 4.69) is 21.2 Å². The quantitative estimate of drug-likeness (QED) is 0.825. The van der Waals surface area contributed by atoms with E-state index in [1.165, 1.54) is 12.1 Å². The molecule has 0 radical (unpaired) electrons. The number of rotatable bonds is 4. The molecule has 0 aliphatic carbocycles. The Kier molecular flexibility index (Phi) is 5.79. The normalized spacial score (nSPS) is 11.2. The first-order valence-corrected chi connectivity index (χ1v) is 7.28. The standard InChI is InChI=1S/C14H19BrFNO2/c1-14(2,3)19-13(18)17-12-7-6-11(16)9-10(12)5-4-8-15/h6-7,9H,4-5,8H2,1-3H3,(H,17,18). The highest BCUT2D eigenvalue weighted by Gasteiger charge is 2.17. The van der Waals surface area contributed by atoms with Gasteiger partial charge in [0.1, 0.15) is 11.4 Å². The Morgan fingerprint density at radius 2 is 2.11 bits per heavy atom. The van der Waals surface area contributed by atoms with E-state index in [0.29, 0.717) is 12.1 Å². The lowest BCUT2D eigenvalue weighted by molar-refractivity contribution is 0.0635. The molecule has 0 aliphatic heterocycles. The van der Waals surface area contributed by atoms with Crippen LogP contribution in [0.3, 0.4) is 0 Å². The third-order valence-corrected chi connectivity index (χ3v) is 2.84. The lowest BCUT2D eigenvalue weighted by atomic mass is 10.1. The predicted octanol–water partition coefficient (Wildman–Crippen LogP) is 4.50. The molecule has 0 heterocycles. The molecule has 0 bridgehead atoms. The average molecular weight is 332 g/mol. The molecule has 0 saturated heterocycles. The summed E-state index contributed by atoms with van der Waals surface area (Å²) in [6, 6.07) is 4.32. The third kappa shape index (κ3) is 6.05. The Morgan fingerprint density at radius 3 is 2.68 bits per heavy atom. The first kappa shape index (κ1) is 16.0. The largest absolute Gasteiger partial charge is 0.444 e. The summed E-state index contributed by atoms with van der Waals surface area (Å²) in [5.74, 6) is -0.306. The van der Waals surface area contributed by atoms with Crippen LogP contribution in [0.15, 0.2) is 18.2 Å². The van der Waals surface area contributed by atoms with Crippen LogP contribution >= 0.6 is 15.9 Å². The van der Waals surface area contributed by atoms with Crippen molar-refractivity contribution in [3.63, 3.8) is 0 Å². The number of hydrogen-bond donors (Lipinski definition) is 1. The van der Waals surface area contributed by atoms with Gasteiger partial charge < -0.3 is 4.74 Å². The smallest absolute Gasteiger partial charge is 0.412 e. The van der Waals surface area contributed by atoms with E-state index >= 15 is 0 Å². The van der Waals surface area contributed by atoms with Gasteiger partial charge in [0.15, 0.2) is 0 Å². The molecule has 0 unspecified atom stereocenters. The zero-order chi connectivity index (χ0) is 14.5. The topological polar surface area (TPSA) is 38.3 Å². The molecule has 1 rings (SSSR count). The lowest BCUT2D eigenvalue weighted by Gasteiger charge is -2.20. The number of carbonyl (C=O) groups excluding carboxylic acids is 1. The van der Waals surface area contributed by atoms with Crippen molar-refractivity contribution in [1.82, 2.24) is 0 Å². The second-order valence-corrected chi connectivity index (χ2v) is 6.01. The summed E-state index contributed by atoms with van der Waals surface area (Å²) >= 11 is 3.33. The third-order valence-electron chi connectivity index (χ3n) is 2.28. The SMILES string of the molecule is CC(C)(C)OC(=O)Nc1ccc(F)cc1CCCBr. The number of halogens is 2. The van der Waals surface area contributed by atoms with Crippen LogP contribution in [-0.4, -0.2) is 17.0 Å². The van der Waals surface area contributed by atoms with Gasteiger partial charge in [-0.25, -0.2) is 9.18 Å². The Bertz CT molecular complexity index is 444. The molecule has 1 aromatic rings. The van der Waals surface area contributed by atoms with Gasteiger partial charge in [-0.1, -0.05) is 15.9 Å². The molecule has 5 heteroatoms. The number of amides is 1. The fraction of sp³-hybridized carbons (Fsp3) is 0.500. The second kappa shape index (κ2) is 6.89. The first-order valence-electron chi connectivity index (χ1n) is 6.16. The number of nitrogens with one attached hydrogen (secondary N) is 1. The first-order chi connectivity index (χ1) is 8.81. The number of carbonyl (C=O) groups is 1. The Labute approximate surface area is 121 Å². The average Bonchev–Trinajstić information content (AvgIpc) is 2.27. The van der Waals surface area contributed by atoms with Gasteiger partial charge >= 0.3 is 6.09 Å². The summed E-state index contributed by atoms with van der Waals surface area (Å²) in [6.45, 7) is 5.38. The molecule has 1 amide bonds. The van der Waals surface area contributed by atoms with E-state index in [4.69, 9.17) is 4.74 Å². The van der Waals surface area contributed by atoms with E-state index in [9.17, 15) is 9.18 Å². The zero-order valence-electron chi connectivity index (χ0n) is 11.4. The van der Waals surface area contributed by atoms with Crippen molar-refractivity contribution in [2.24, 2.45) is 0 Å². The summed E-state index contributed by atoms with van der Waals surface area (Å²) in [5, 5.41) is 3.49. The van der Waals surface area contributed by atoms with Gasteiger partial charge in [-0.05, 0) is 57.4 Å². The van der Waals surface area contributed by atoms with Crippen LogP contribution in [0.5, 0.6) is 0 Å². The van der Waals surface area contributed by atoms with Crippen LogP contribution in [0.4, 0.5) is 14.9 Å². The zero-order valence-corrected chi connectivity index (χ0v) is 13.0. The molecule has 1 N–H and O–H groups in total. The summed E-state index contributed by atoms with van der Waals surface area (Å²) < 4.78 is 18.4. The minimum atomic E-state index is -0.555. The summed E-state index contributed by atoms with van der Waals surface area (Å²) in [6.07, 6.45) is 1.03. The number of benzene rings is 1. The van der Waals surface area contributed by atoms with Crippen LogP contribution in [-0.2, 0) is 11.2 Å². The molecule has 0 atom stereocenters. The van der Waals surface area contributed by atoms with Gasteiger partial charge in [0.25, 0.3) is 0 Å². The Morgan fingerprint density at radius 1 is 1.42 bits per heavy atom. The molecule has 106 valence electrons. The van der Waals surface area contributed by atoms with Crippen molar-refractivity contribution in [3.05, 3.63) is 29.6 Å². The van der Waals surface area contributed by atoms with Crippen molar-refractivity contribution in [2.45, 2.75) is 39.2 Å². The lowest BCUT2D eigenvalue weighted by Crippen LogP contribution is -2.27. The molecule has 0 fully saturated rings. The number of aryl methyl sites for hydroxylation is 1. The maximum absolute atomic E-state index is 13.2. The molecule has 0 aliphatic rings. The van der Waals surface area contributed by atoms with Crippen LogP contribution in [0.25, 0.3) is 0 Å². The van der Waals surface area contributed by atoms with Crippen molar-refractivity contribution in [1.29, 1.82) is 0 Å². The second-order valence-electron chi connectivity index (χ2n) is 5.22. The maximum Gasteiger partial charge on any atom is 0.412 e. The number of hydrogen-bond acceptors (Lipinski definition) is 2. The minimum absolute atomic E-state index is 0.306. The van der Waals surface area contributed by atoms with E-state index in [1.807, 2.05) is 0 Å². The molecule has 19 heavy (non-hydrogen) atoms. The number of anilines is 1. The van der Waals surface area contributed by atoms with E-state index < -0.39 is 11.7 Å². The highest BCUT2D eigenvalue weighted by Crippen LogP contribution is 2.20. The highest BCUT2D eigenvalue weighted by atomic mass is 79.9. The van der Waals surface area contributed by atoms with Gasteiger partial charge in [0.2, 0.25) is 0 Å². The molecule has 1 aromatic carbocycles. The molecular formula is C14H19BrFNO2. The van der Waals surface area contributed by atoms with Gasteiger partial charge in [0.05, 0.1) is 0 Å². The summed E-state index contributed by atoms with van der Waals surface area (Å²) in [7, 11) is 0. The van der Waals surface area contributed by atoms with Gasteiger partial charge in [0, 0.05) is 11.0 Å². The van der Waals surface area contributed by atoms with Crippen molar-refractivity contribution < 1.29 is 13.9 Å². The van der Waals surface area contributed by atoms with E-state index in [-0.39, 0.29) is 5.82 Å². The van der Waals surface area contributed by atoms with Gasteiger partial charge in [-0.15, -0.1) is 0 Å². The summed E-state index contributed by atoms with van der Waals surface area (Å²) in [5.41, 5.74) is 0.807. The van der Waals surface area contributed by atoms with Crippen LogP contribution in [0.1, 0.15) is 32.8 Å². The molecule has 0 aromatic heterocycles.